The molecule has 1 aromatic rings. The van der Waals surface area contributed by atoms with Gasteiger partial charge in [0.05, 0.1) is 6.10 Å². The molecule has 1 aliphatic heterocycles. The van der Waals surface area contributed by atoms with Gasteiger partial charge >= 0.3 is 0 Å². The highest BCUT2D eigenvalue weighted by Crippen LogP contribution is 2.24. The third kappa shape index (κ3) is 2.92. The topological polar surface area (TPSA) is 81.4 Å². The highest BCUT2D eigenvalue weighted by molar-refractivity contribution is 7.89. The minimum Gasteiger partial charge on any atom is -0.394 e. The van der Waals surface area contributed by atoms with E-state index < -0.39 is 38.3 Å². The third-order valence-corrected chi connectivity index (χ3v) is 4.82. The van der Waals surface area contributed by atoms with Crippen LogP contribution in [0.1, 0.15) is 19.8 Å². The number of halogens is 2. The average molecular weight is 306 g/mol. The molecule has 0 radical (unpaired) electrons. The fourth-order valence-electron chi connectivity index (χ4n) is 2.14. The molecule has 5 nitrogen and oxygen atoms in total. The number of nitrogen functional groups attached to an aromatic ring is 1. The van der Waals surface area contributed by atoms with E-state index in [4.69, 9.17) is 10.5 Å². The highest BCUT2D eigenvalue weighted by atomic mass is 32.2. The Morgan fingerprint density at radius 3 is 2.75 bits per heavy atom. The Kier molecular flexibility index (Phi) is 4.26. The summed E-state index contributed by atoms with van der Waals surface area (Å²) in [5.74, 6) is -2.27. The van der Waals surface area contributed by atoms with E-state index in [2.05, 4.69) is 4.72 Å². The van der Waals surface area contributed by atoms with E-state index in [1.165, 1.54) is 0 Å². The van der Waals surface area contributed by atoms with E-state index in [9.17, 15) is 17.2 Å². The van der Waals surface area contributed by atoms with E-state index >= 15 is 0 Å². The van der Waals surface area contributed by atoms with Crippen LogP contribution in [0.3, 0.4) is 0 Å². The smallest absolute Gasteiger partial charge is 0.243 e. The van der Waals surface area contributed by atoms with Crippen molar-refractivity contribution < 1.29 is 21.9 Å². The van der Waals surface area contributed by atoms with Crippen molar-refractivity contribution in [2.45, 2.75) is 36.8 Å². The molecule has 1 aromatic carbocycles. The normalized spacial score (nSPS) is 21.1. The van der Waals surface area contributed by atoms with Crippen LogP contribution in [0, 0.1) is 11.6 Å². The van der Waals surface area contributed by atoms with Gasteiger partial charge in [-0.25, -0.2) is 21.9 Å². The van der Waals surface area contributed by atoms with Crippen LogP contribution in [0.15, 0.2) is 17.0 Å². The number of benzene rings is 1. The van der Waals surface area contributed by atoms with Gasteiger partial charge in [-0.15, -0.1) is 0 Å². The minimum atomic E-state index is -4.12. The number of hydrogen-bond donors (Lipinski definition) is 2. The molecule has 0 aliphatic carbocycles. The predicted octanol–water partition coefficient (Wildman–Crippen LogP) is 1.39. The molecule has 0 spiro atoms. The maximum atomic E-state index is 13.8. The van der Waals surface area contributed by atoms with Crippen LogP contribution in [0.25, 0.3) is 0 Å². The summed E-state index contributed by atoms with van der Waals surface area (Å²) < 4.78 is 58.7. The van der Waals surface area contributed by atoms with Crippen molar-refractivity contribution in [2.24, 2.45) is 0 Å². The number of hydrogen-bond acceptors (Lipinski definition) is 4. The van der Waals surface area contributed by atoms with E-state index in [-0.39, 0.29) is 6.10 Å². The van der Waals surface area contributed by atoms with Gasteiger partial charge in [0.15, 0.2) is 5.82 Å². The number of sulfonamides is 1. The van der Waals surface area contributed by atoms with Gasteiger partial charge in [-0.3, -0.25) is 0 Å². The lowest BCUT2D eigenvalue weighted by molar-refractivity contribution is 0.0902. The van der Waals surface area contributed by atoms with Gasteiger partial charge < -0.3 is 10.5 Å². The van der Waals surface area contributed by atoms with Crippen molar-refractivity contribution in [1.82, 2.24) is 4.72 Å². The average Bonchev–Trinajstić information content (AvgIpc) is 2.89. The number of nitrogens with two attached hydrogens (primary N) is 1. The number of nitrogens with one attached hydrogen (secondary N) is 1. The second kappa shape index (κ2) is 5.63. The van der Waals surface area contributed by atoms with Gasteiger partial charge in [-0.1, -0.05) is 0 Å². The van der Waals surface area contributed by atoms with Crippen molar-refractivity contribution in [3.05, 3.63) is 23.8 Å². The van der Waals surface area contributed by atoms with Gasteiger partial charge in [0, 0.05) is 12.6 Å². The Morgan fingerprint density at radius 2 is 2.15 bits per heavy atom. The molecule has 20 heavy (non-hydrogen) atoms. The first-order valence-corrected chi connectivity index (χ1v) is 7.68. The monoisotopic (exact) mass is 306 g/mol. The molecule has 112 valence electrons. The molecular weight excluding hydrogens is 290 g/mol. The van der Waals surface area contributed by atoms with Crippen molar-refractivity contribution in [3.63, 3.8) is 0 Å². The summed E-state index contributed by atoms with van der Waals surface area (Å²) in [4.78, 5) is -0.666. The molecular formula is C12H16F2N2O3S. The summed E-state index contributed by atoms with van der Waals surface area (Å²) in [5.41, 5.74) is 4.36. The third-order valence-electron chi connectivity index (χ3n) is 3.24. The van der Waals surface area contributed by atoms with Crippen LogP contribution < -0.4 is 10.5 Å². The zero-order valence-electron chi connectivity index (χ0n) is 10.9. The Bertz CT molecular complexity index is 601. The Labute approximate surface area is 116 Å². The maximum Gasteiger partial charge on any atom is 0.243 e. The van der Waals surface area contributed by atoms with Crippen LogP contribution in [-0.4, -0.2) is 27.2 Å². The van der Waals surface area contributed by atoms with Gasteiger partial charge in [0.2, 0.25) is 10.0 Å². The summed E-state index contributed by atoms with van der Waals surface area (Å²) in [6, 6.07) is 1.17. The van der Waals surface area contributed by atoms with Gasteiger partial charge in [0.25, 0.3) is 0 Å². The Hall–Kier alpha value is -1.25. The molecule has 0 saturated carbocycles. The van der Waals surface area contributed by atoms with E-state index in [1.54, 1.807) is 6.92 Å². The van der Waals surface area contributed by atoms with Gasteiger partial charge in [-0.2, -0.15) is 0 Å². The molecule has 0 bridgehead atoms. The van der Waals surface area contributed by atoms with Crippen LogP contribution >= 0.6 is 0 Å². The summed E-state index contributed by atoms with van der Waals surface area (Å²) in [5, 5.41) is 0. The lowest BCUT2D eigenvalue weighted by atomic mass is 10.1. The predicted molar refractivity (Wildman–Crippen MR) is 69.5 cm³/mol. The molecule has 2 atom stereocenters. The van der Waals surface area contributed by atoms with Crippen LogP contribution in [0.2, 0.25) is 0 Å². The van der Waals surface area contributed by atoms with Crippen molar-refractivity contribution in [2.75, 3.05) is 12.3 Å². The number of rotatable bonds is 4. The second-order valence-corrected chi connectivity index (χ2v) is 6.42. The lowest BCUT2D eigenvalue weighted by Gasteiger charge is -2.20. The molecule has 2 unspecified atom stereocenters. The van der Waals surface area contributed by atoms with E-state index in [1.807, 2.05) is 0 Å². The zero-order chi connectivity index (χ0) is 14.9. The molecule has 8 heteroatoms. The standard InChI is InChI=1S/C12H16F2N2O3S/c1-7(9-3-2-6-19-9)16-20(17,18)10-5-4-8(13)12(15)11(10)14/h4-5,7,9,16H,2-3,6,15H2,1H3. The molecule has 1 saturated heterocycles. The van der Waals surface area contributed by atoms with E-state index in [0.717, 1.165) is 25.0 Å². The van der Waals surface area contributed by atoms with Gasteiger partial charge in [-0.05, 0) is 31.9 Å². The molecule has 2 rings (SSSR count). The first kappa shape index (κ1) is 15.1. The summed E-state index contributed by atoms with van der Waals surface area (Å²) >= 11 is 0. The SMILES string of the molecule is CC(NS(=O)(=O)c1ccc(F)c(N)c1F)C1CCCO1. The first-order chi connectivity index (χ1) is 9.33. The fourth-order valence-corrected chi connectivity index (χ4v) is 3.50. The quantitative estimate of drug-likeness (QED) is 0.824. The Balaban J connectivity index is 2.24. The van der Waals surface area contributed by atoms with Crippen molar-refractivity contribution in [3.8, 4) is 0 Å². The largest absolute Gasteiger partial charge is 0.394 e. The summed E-state index contributed by atoms with van der Waals surface area (Å²) in [6.07, 6.45) is 1.34. The molecule has 0 aromatic heterocycles. The summed E-state index contributed by atoms with van der Waals surface area (Å²) in [7, 11) is -4.12. The maximum absolute atomic E-state index is 13.8. The zero-order valence-corrected chi connectivity index (χ0v) is 11.7. The van der Waals surface area contributed by atoms with Crippen molar-refractivity contribution >= 4 is 15.7 Å². The lowest BCUT2D eigenvalue weighted by Crippen LogP contribution is -2.41. The first-order valence-electron chi connectivity index (χ1n) is 6.20. The Morgan fingerprint density at radius 1 is 1.45 bits per heavy atom. The van der Waals surface area contributed by atoms with E-state index in [0.29, 0.717) is 6.61 Å². The molecule has 1 fully saturated rings. The molecule has 1 aliphatic rings. The molecule has 3 N–H and O–H groups in total. The minimum absolute atomic E-state index is 0.245. The molecule has 0 amide bonds. The van der Waals surface area contributed by atoms with Crippen LogP contribution in [0.4, 0.5) is 14.5 Å². The fraction of sp³-hybridized carbons (Fsp3) is 0.500. The number of ether oxygens (including phenoxy) is 1. The highest BCUT2D eigenvalue weighted by Gasteiger charge is 2.29. The summed E-state index contributed by atoms with van der Waals surface area (Å²) in [6.45, 7) is 2.22. The van der Waals surface area contributed by atoms with Gasteiger partial charge in [0.1, 0.15) is 16.4 Å². The number of anilines is 1. The van der Waals surface area contributed by atoms with Crippen molar-refractivity contribution in [1.29, 1.82) is 0 Å². The second-order valence-electron chi connectivity index (χ2n) is 4.73. The molecule has 1 heterocycles. The van der Waals surface area contributed by atoms with Crippen LogP contribution in [-0.2, 0) is 14.8 Å². The van der Waals surface area contributed by atoms with Crippen LogP contribution in [0.5, 0.6) is 0 Å².